The number of carbonyl (C=O) groups is 1. The monoisotopic (exact) mass is 239 g/mol. The largest absolute Gasteiger partial charge is 0.352 e. The fourth-order valence-corrected chi connectivity index (χ4v) is 1.90. The molecule has 2 nitrogen and oxygen atoms in total. The van der Waals surface area contributed by atoms with Crippen LogP contribution in [-0.4, -0.2) is 18.2 Å². The predicted octanol–water partition coefficient (Wildman–Crippen LogP) is 2.36. The first-order valence-corrected chi connectivity index (χ1v) is 6.07. The van der Waals surface area contributed by atoms with Crippen molar-refractivity contribution in [3.63, 3.8) is 0 Å². The highest BCUT2D eigenvalue weighted by molar-refractivity contribution is 7.99. The minimum atomic E-state index is -0.238. The first-order chi connectivity index (χ1) is 7.72. The summed E-state index contributed by atoms with van der Waals surface area (Å²) >= 11 is 1.50. The van der Waals surface area contributed by atoms with Gasteiger partial charge in [0.25, 0.3) is 0 Å². The number of amides is 1. The Labute approximate surface area is 98.9 Å². The summed E-state index contributed by atoms with van der Waals surface area (Å²) in [7, 11) is 0. The third-order valence-corrected chi connectivity index (χ3v) is 2.86. The smallest absolute Gasteiger partial charge is 0.230 e. The molecule has 1 aromatic carbocycles. The highest BCUT2D eigenvalue weighted by Gasteiger charge is 2.00. The molecule has 1 rings (SSSR count). The SMILES string of the molecule is C=CCNC(=O)CSCc1ccc(F)cc1. The molecule has 0 fully saturated rings. The van der Waals surface area contributed by atoms with Crippen LogP contribution in [-0.2, 0) is 10.5 Å². The van der Waals surface area contributed by atoms with Crippen LogP contribution in [0.15, 0.2) is 36.9 Å². The van der Waals surface area contributed by atoms with Crippen molar-refractivity contribution in [3.05, 3.63) is 48.3 Å². The van der Waals surface area contributed by atoms with E-state index < -0.39 is 0 Å². The van der Waals surface area contributed by atoms with E-state index in [1.54, 1.807) is 18.2 Å². The first kappa shape index (κ1) is 12.8. The normalized spacial score (nSPS) is 9.81. The van der Waals surface area contributed by atoms with Gasteiger partial charge < -0.3 is 5.32 Å². The van der Waals surface area contributed by atoms with Crippen LogP contribution in [0.1, 0.15) is 5.56 Å². The molecule has 0 aliphatic carbocycles. The van der Waals surface area contributed by atoms with E-state index in [1.165, 1.54) is 23.9 Å². The lowest BCUT2D eigenvalue weighted by Crippen LogP contribution is -2.24. The van der Waals surface area contributed by atoms with Crippen molar-refractivity contribution in [2.45, 2.75) is 5.75 Å². The summed E-state index contributed by atoms with van der Waals surface area (Å²) in [5.41, 5.74) is 1.02. The number of rotatable bonds is 6. The number of halogens is 1. The number of thioether (sulfide) groups is 1. The van der Waals surface area contributed by atoms with E-state index in [1.807, 2.05) is 0 Å². The molecule has 1 N–H and O–H groups in total. The molecule has 0 heterocycles. The number of benzene rings is 1. The average Bonchev–Trinajstić information content (AvgIpc) is 2.29. The predicted molar refractivity (Wildman–Crippen MR) is 65.8 cm³/mol. The summed E-state index contributed by atoms with van der Waals surface area (Å²) in [6, 6.07) is 6.30. The van der Waals surface area contributed by atoms with Crippen LogP contribution in [0.2, 0.25) is 0 Å². The second-order valence-electron chi connectivity index (χ2n) is 3.21. The van der Waals surface area contributed by atoms with E-state index in [9.17, 15) is 9.18 Å². The van der Waals surface area contributed by atoms with Crippen molar-refractivity contribution < 1.29 is 9.18 Å². The fraction of sp³-hybridized carbons (Fsp3) is 0.250. The van der Waals surface area contributed by atoms with Gasteiger partial charge in [-0.3, -0.25) is 4.79 Å². The highest BCUT2D eigenvalue weighted by atomic mass is 32.2. The van der Waals surface area contributed by atoms with Crippen LogP contribution in [0.4, 0.5) is 4.39 Å². The highest BCUT2D eigenvalue weighted by Crippen LogP contribution is 2.12. The molecule has 1 aromatic rings. The van der Waals surface area contributed by atoms with E-state index >= 15 is 0 Å². The maximum absolute atomic E-state index is 12.6. The quantitative estimate of drug-likeness (QED) is 0.772. The zero-order valence-corrected chi connectivity index (χ0v) is 9.73. The van der Waals surface area contributed by atoms with Gasteiger partial charge in [-0.2, -0.15) is 0 Å². The lowest BCUT2D eigenvalue weighted by molar-refractivity contribution is -0.118. The molecule has 0 aromatic heterocycles. The van der Waals surface area contributed by atoms with Crippen LogP contribution < -0.4 is 5.32 Å². The molecule has 0 radical (unpaired) electrons. The molecule has 0 saturated heterocycles. The van der Waals surface area contributed by atoms with Gasteiger partial charge in [-0.15, -0.1) is 18.3 Å². The summed E-state index contributed by atoms with van der Waals surface area (Å²) in [6.45, 7) is 4.01. The van der Waals surface area contributed by atoms with Gasteiger partial charge in [-0.1, -0.05) is 18.2 Å². The molecule has 0 saturated carbocycles. The Morgan fingerprint density at radius 1 is 1.44 bits per heavy atom. The molecular formula is C12H14FNOS. The summed E-state index contributed by atoms with van der Waals surface area (Å²) in [6.07, 6.45) is 1.64. The van der Waals surface area contributed by atoms with E-state index in [4.69, 9.17) is 0 Å². The van der Waals surface area contributed by atoms with Crippen molar-refractivity contribution in [3.8, 4) is 0 Å². The zero-order valence-electron chi connectivity index (χ0n) is 8.91. The second-order valence-corrected chi connectivity index (χ2v) is 4.20. The Hall–Kier alpha value is -1.29. The maximum Gasteiger partial charge on any atom is 0.230 e. The van der Waals surface area contributed by atoms with Crippen molar-refractivity contribution in [1.29, 1.82) is 0 Å². The van der Waals surface area contributed by atoms with E-state index in [-0.39, 0.29) is 11.7 Å². The van der Waals surface area contributed by atoms with Crippen LogP contribution >= 0.6 is 11.8 Å². The lowest BCUT2D eigenvalue weighted by Gasteiger charge is -2.02. The van der Waals surface area contributed by atoms with Crippen LogP contribution in [0.5, 0.6) is 0 Å². The van der Waals surface area contributed by atoms with E-state index in [0.717, 1.165) is 5.56 Å². The van der Waals surface area contributed by atoms with Gasteiger partial charge in [0.05, 0.1) is 5.75 Å². The third-order valence-electron chi connectivity index (χ3n) is 1.86. The first-order valence-electron chi connectivity index (χ1n) is 4.92. The summed E-state index contributed by atoms with van der Waals surface area (Å²) in [5, 5.41) is 2.69. The summed E-state index contributed by atoms with van der Waals surface area (Å²) in [4.78, 5) is 11.2. The van der Waals surface area contributed by atoms with Gasteiger partial charge in [0.15, 0.2) is 0 Å². The molecule has 0 spiro atoms. The van der Waals surface area contributed by atoms with Crippen LogP contribution in [0.25, 0.3) is 0 Å². The Morgan fingerprint density at radius 3 is 2.75 bits per heavy atom. The molecule has 0 aliphatic heterocycles. The molecule has 86 valence electrons. The van der Waals surface area contributed by atoms with E-state index in [2.05, 4.69) is 11.9 Å². The van der Waals surface area contributed by atoms with Gasteiger partial charge in [-0.05, 0) is 17.7 Å². The van der Waals surface area contributed by atoms with Crippen molar-refractivity contribution in [1.82, 2.24) is 5.32 Å². The van der Waals surface area contributed by atoms with Gasteiger partial charge in [0, 0.05) is 12.3 Å². The summed E-state index contributed by atoms with van der Waals surface area (Å²) < 4.78 is 12.6. The molecular weight excluding hydrogens is 225 g/mol. The molecule has 4 heteroatoms. The summed E-state index contributed by atoms with van der Waals surface area (Å²) in [5.74, 6) is 0.872. The van der Waals surface area contributed by atoms with Gasteiger partial charge >= 0.3 is 0 Å². The third kappa shape index (κ3) is 4.98. The Morgan fingerprint density at radius 2 is 2.12 bits per heavy atom. The fourth-order valence-electron chi connectivity index (χ4n) is 1.08. The number of nitrogens with one attached hydrogen (secondary N) is 1. The molecule has 0 unspecified atom stereocenters. The topological polar surface area (TPSA) is 29.1 Å². The van der Waals surface area contributed by atoms with Gasteiger partial charge in [-0.25, -0.2) is 4.39 Å². The standard InChI is InChI=1S/C12H14FNOS/c1-2-7-14-12(15)9-16-8-10-3-5-11(13)6-4-10/h2-6H,1,7-9H2,(H,14,15). The molecule has 1 amide bonds. The van der Waals surface area contributed by atoms with Gasteiger partial charge in [0.2, 0.25) is 5.91 Å². The maximum atomic E-state index is 12.6. The van der Waals surface area contributed by atoms with Gasteiger partial charge in [0.1, 0.15) is 5.82 Å². The van der Waals surface area contributed by atoms with Crippen molar-refractivity contribution >= 4 is 17.7 Å². The number of hydrogen-bond acceptors (Lipinski definition) is 2. The molecule has 0 aliphatic rings. The minimum Gasteiger partial charge on any atom is -0.352 e. The second kappa shape index (κ2) is 7.06. The van der Waals surface area contributed by atoms with Crippen molar-refractivity contribution in [2.75, 3.05) is 12.3 Å². The Bertz CT molecular complexity index is 351. The average molecular weight is 239 g/mol. The lowest BCUT2D eigenvalue weighted by atomic mass is 10.2. The Kier molecular flexibility index (Phi) is 5.64. The zero-order chi connectivity index (χ0) is 11.8. The molecule has 0 atom stereocenters. The Balaban J connectivity index is 2.22. The van der Waals surface area contributed by atoms with Crippen LogP contribution in [0, 0.1) is 5.82 Å². The van der Waals surface area contributed by atoms with E-state index in [0.29, 0.717) is 18.1 Å². The van der Waals surface area contributed by atoms with Crippen molar-refractivity contribution in [2.24, 2.45) is 0 Å². The minimum absolute atomic E-state index is 0.00740. The number of carbonyl (C=O) groups excluding carboxylic acids is 1. The molecule has 16 heavy (non-hydrogen) atoms. The number of hydrogen-bond donors (Lipinski definition) is 1. The molecule has 0 bridgehead atoms. The van der Waals surface area contributed by atoms with Crippen LogP contribution in [0.3, 0.4) is 0 Å².